The van der Waals surface area contributed by atoms with Gasteiger partial charge in [-0.25, -0.2) is 0 Å². The molecular weight excluding hydrogens is 339 g/mol. The van der Waals surface area contributed by atoms with Crippen LogP contribution < -0.4 is 29.6 Å². The number of aliphatic hydroxyl groups is 1. The Labute approximate surface area is 172 Å². The van der Waals surface area contributed by atoms with E-state index in [1.807, 2.05) is 0 Å². The topological polar surface area (TPSA) is 94.8 Å². The Bertz CT molecular complexity index is 275. The van der Waals surface area contributed by atoms with Gasteiger partial charge in [0.1, 0.15) is 0 Å². The van der Waals surface area contributed by atoms with Crippen molar-refractivity contribution in [3.8, 4) is 0 Å². The molecule has 0 amide bonds. The molecule has 0 heterocycles. The standard InChI is InChI=1S/C16H34O.CH3.Na.H2O4S/c1-2-3-4-5-6-7-8-9-10-11-12-13-14-15-16-17;;;1-5(2,3)4/h17H,2-16H2,1H3;1H3;;(H2,1,2,3,4)/q;-1;+1;. The van der Waals surface area contributed by atoms with Crippen LogP contribution in [0.25, 0.3) is 0 Å². The van der Waals surface area contributed by atoms with Crippen LogP contribution in [0.15, 0.2) is 0 Å². The molecule has 0 aliphatic rings. The fourth-order valence-corrected chi connectivity index (χ4v) is 2.31. The molecule has 0 aromatic rings. The molecule has 144 valence electrons. The predicted molar refractivity (Wildman–Crippen MR) is 98.0 cm³/mol. The fourth-order valence-electron chi connectivity index (χ4n) is 2.31. The third-order valence-corrected chi connectivity index (χ3v) is 3.51. The van der Waals surface area contributed by atoms with E-state index in [0.29, 0.717) is 6.61 Å². The molecule has 0 spiro atoms. The van der Waals surface area contributed by atoms with Crippen LogP contribution in [0.4, 0.5) is 0 Å². The van der Waals surface area contributed by atoms with Crippen LogP contribution in [0.5, 0.6) is 0 Å². The maximum Gasteiger partial charge on any atom is 1.00 e. The molecule has 0 aliphatic heterocycles. The van der Waals surface area contributed by atoms with Crippen molar-refractivity contribution < 1.29 is 52.2 Å². The average Bonchev–Trinajstić information content (AvgIpc) is 2.42. The maximum absolute atomic E-state index is 8.74. The van der Waals surface area contributed by atoms with Gasteiger partial charge in [0.25, 0.3) is 0 Å². The molecular formula is C17H39NaO5S. The minimum atomic E-state index is -4.67. The van der Waals surface area contributed by atoms with Crippen LogP contribution in [-0.4, -0.2) is 29.2 Å². The summed E-state index contributed by atoms with van der Waals surface area (Å²) in [7, 11) is -4.67. The van der Waals surface area contributed by atoms with E-state index < -0.39 is 10.4 Å². The van der Waals surface area contributed by atoms with Gasteiger partial charge >= 0.3 is 40.0 Å². The zero-order chi connectivity index (χ0) is 17.1. The van der Waals surface area contributed by atoms with E-state index in [9.17, 15) is 0 Å². The van der Waals surface area contributed by atoms with Gasteiger partial charge < -0.3 is 12.5 Å². The fraction of sp³-hybridized carbons (Fsp3) is 0.941. The number of unbranched alkanes of at least 4 members (excludes halogenated alkanes) is 13. The average molecular weight is 379 g/mol. The van der Waals surface area contributed by atoms with Crippen molar-refractivity contribution in [2.24, 2.45) is 0 Å². The summed E-state index contributed by atoms with van der Waals surface area (Å²) in [5, 5.41) is 8.64. The first-order valence-corrected chi connectivity index (χ1v) is 10.1. The smallest absolute Gasteiger partial charge is 0.396 e. The summed E-state index contributed by atoms with van der Waals surface area (Å²) < 4.78 is 31.6. The third-order valence-electron chi connectivity index (χ3n) is 3.51. The molecule has 0 aromatic heterocycles. The largest absolute Gasteiger partial charge is 1.00 e. The molecule has 3 N–H and O–H groups in total. The number of hydrogen-bond donors (Lipinski definition) is 3. The SMILES string of the molecule is CCCCCCCCCCCCCCCCO.O=S(=O)(O)O.[CH3-].[Na+]. The summed E-state index contributed by atoms with van der Waals surface area (Å²) in [6.07, 6.45) is 19.2. The quantitative estimate of drug-likeness (QED) is 0.187. The van der Waals surface area contributed by atoms with E-state index in [4.69, 9.17) is 22.6 Å². The molecule has 0 unspecified atom stereocenters. The van der Waals surface area contributed by atoms with E-state index in [1.165, 1.54) is 83.5 Å². The van der Waals surface area contributed by atoms with Crippen LogP contribution in [0.3, 0.4) is 0 Å². The van der Waals surface area contributed by atoms with Crippen molar-refractivity contribution >= 4 is 10.4 Å². The van der Waals surface area contributed by atoms with Crippen molar-refractivity contribution in [2.75, 3.05) is 6.61 Å². The van der Waals surface area contributed by atoms with Gasteiger partial charge in [-0.2, -0.15) is 8.42 Å². The molecule has 0 aliphatic carbocycles. The number of aliphatic hydroxyl groups excluding tert-OH is 1. The maximum atomic E-state index is 8.74. The van der Waals surface area contributed by atoms with Crippen LogP contribution >= 0.6 is 0 Å². The summed E-state index contributed by atoms with van der Waals surface area (Å²) in [4.78, 5) is 0. The zero-order valence-corrected chi connectivity index (χ0v) is 19.0. The van der Waals surface area contributed by atoms with Gasteiger partial charge in [0.05, 0.1) is 0 Å². The monoisotopic (exact) mass is 378 g/mol. The molecule has 7 heteroatoms. The predicted octanol–water partition coefficient (Wildman–Crippen LogP) is 2.26. The Hall–Kier alpha value is 0.830. The van der Waals surface area contributed by atoms with E-state index in [2.05, 4.69) is 6.92 Å². The zero-order valence-electron chi connectivity index (χ0n) is 16.2. The normalized spacial score (nSPS) is 10.2. The Morgan fingerprint density at radius 1 is 0.625 bits per heavy atom. The second-order valence-corrected chi connectivity index (χ2v) is 6.66. The van der Waals surface area contributed by atoms with E-state index in [1.54, 1.807) is 0 Å². The first-order valence-electron chi connectivity index (χ1n) is 8.72. The van der Waals surface area contributed by atoms with Crippen LogP contribution in [0.2, 0.25) is 0 Å². The van der Waals surface area contributed by atoms with E-state index in [-0.39, 0.29) is 37.0 Å². The minimum Gasteiger partial charge on any atom is -0.396 e. The van der Waals surface area contributed by atoms with Gasteiger partial charge in [0.2, 0.25) is 0 Å². The van der Waals surface area contributed by atoms with Crippen molar-refractivity contribution in [1.29, 1.82) is 0 Å². The Morgan fingerprint density at radius 3 is 1.04 bits per heavy atom. The molecule has 0 atom stereocenters. The molecule has 0 rings (SSSR count). The third kappa shape index (κ3) is 49.5. The van der Waals surface area contributed by atoms with Crippen molar-refractivity contribution in [3.63, 3.8) is 0 Å². The van der Waals surface area contributed by atoms with Gasteiger partial charge in [0, 0.05) is 6.61 Å². The van der Waals surface area contributed by atoms with Gasteiger partial charge in [-0.3, -0.25) is 9.11 Å². The first kappa shape index (κ1) is 32.5. The van der Waals surface area contributed by atoms with Crippen LogP contribution in [-0.2, 0) is 10.4 Å². The van der Waals surface area contributed by atoms with Gasteiger partial charge in [-0.05, 0) is 6.42 Å². The van der Waals surface area contributed by atoms with Gasteiger partial charge in [-0.15, -0.1) is 0 Å². The van der Waals surface area contributed by atoms with Crippen molar-refractivity contribution in [3.05, 3.63) is 7.43 Å². The Balaban J connectivity index is -0.000000250. The summed E-state index contributed by atoms with van der Waals surface area (Å²) in [6.45, 7) is 2.65. The minimum absolute atomic E-state index is 0. The van der Waals surface area contributed by atoms with Crippen molar-refractivity contribution in [1.82, 2.24) is 0 Å². The number of rotatable bonds is 14. The van der Waals surface area contributed by atoms with Gasteiger partial charge in [-0.1, -0.05) is 90.4 Å². The van der Waals surface area contributed by atoms with Crippen LogP contribution in [0, 0.1) is 7.43 Å². The Kier molecular flexibility index (Phi) is 35.3. The Morgan fingerprint density at radius 2 is 0.833 bits per heavy atom. The second-order valence-electron chi connectivity index (χ2n) is 5.77. The molecule has 0 saturated heterocycles. The molecule has 0 radical (unpaired) electrons. The molecule has 0 aromatic carbocycles. The summed E-state index contributed by atoms with van der Waals surface area (Å²) in [5.41, 5.74) is 0. The molecule has 0 saturated carbocycles. The number of hydrogen-bond acceptors (Lipinski definition) is 3. The van der Waals surface area contributed by atoms with E-state index in [0.717, 1.165) is 6.42 Å². The molecule has 0 fully saturated rings. The molecule has 0 bridgehead atoms. The first-order chi connectivity index (χ1) is 10.4. The summed E-state index contributed by atoms with van der Waals surface area (Å²) >= 11 is 0. The summed E-state index contributed by atoms with van der Waals surface area (Å²) in [6, 6.07) is 0. The van der Waals surface area contributed by atoms with Crippen LogP contribution in [0.1, 0.15) is 96.8 Å². The van der Waals surface area contributed by atoms with Gasteiger partial charge in [0.15, 0.2) is 0 Å². The van der Waals surface area contributed by atoms with E-state index >= 15 is 0 Å². The molecule has 5 nitrogen and oxygen atoms in total. The summed E-state index contributed by atoms with van der Waals surface area (Å²) in [5.74, 6) is 0. The second kappa shape index (κ2) is 26.1. The van der Waals surface area contributed by atoms with Crippen molar-refractivity contribution in [2.45, 2.75) is 96.8 Å². The molecule has 24 heavy (non-hydrogen) atoms.